The zero-order chi connectivity index (χ0) is 14.5. The molecule has 2 rings (SSSR count). The summed E-state index contributed by atoms with van der Waals surface area (Å²) in [4.78, 5) is 12.5. The molecule has 0 amide bonds. The van der Waals surface area contributed by atoms with Crippen LogP contribution in [0.2, 0.25) is 0 Å². The fourth-order valence-corrected chi connectivity index (χ4v) is 2.68. The SMILES string of the molecule is C#CC(CCC)Nc1c(Br)cnn(CC2CCC2)c1=O. The Morgan fingerprint density at radius 3 is 2.95 bits per heavy atom. The third-order valence-corrected chi connectivity index (χ3v) is 4.35. The van der Waals surface area contributed by atoms with Crippen LogP contribution in [0.3, 0.4) is 0 Å². The normalized spacial score (nSPS) is 16.2. The van der Waals surface area contributed by atoms with Crippen molar-refractivity contribution < 1.29 is 0 Å². The van der Waals surface area contributed by atoms with E-state index < -0.39 is 0 Å². The van der Waals surface area contributed by atoms with Crippen LogP contribution in [0.15, 0.2) is 15.5 Å². The largest absolute Gasteiger partial charge is 0.366 e. The second kappa shape index (κ2) is 6.94. The highest BCUT2D eigenvalue weighted by Crippen LogP contribution is 2.27. The van der Waals surface area contributed by atoms with Gasteiger partial charge < -0.3 is 5.32 Å². The number of nitrogens with one attached hydrogen (secondary N) is 1. The van der Waals surface area contributed by atoms with Gasteiger partial charge in [-0.3, -0.25) is 4.79 Å². The molecular formula is C15H20BrN3O. The molecule has 1 saturated carbocycles. The molecule has 0 spiro atoms. The molecule has 1 heterocycles. The first-order valence-electron chi connectivity index (χ1n) is 7.14. The third kappa shape index (κ3) is 3.43. The Morgan fingerprint density at radius 1 is 1.65 bits per heavy atom. The lowest BCUT2D eigenvalue weighted by Crippen LogP contribution is -2.32. The van der Waals surface area contributed by atoms with Crippen molar-refractivity contribution in [3.05, 3.63) is 21.0 Å². The maximum absolute atomic E-state index is 12.5. The van der Waals surface area contributed by atoms with Gasteiger partial charge in [0.15, 0.2) is 0 Å². The maximum Gasteiger partial charge on any atom is 0.291 e. The topological polar surface area (TPSA) is 46.9 Å². The molecule has 1 aromatic rings. The highest BCUT2D eigenvalue weighted by molar-refractivity contribution is 9.10. The Hall–Kier alpha value is -1.28. The summed E-state index contributed by atoms with van der Waals surface area (Å²) in [6.45, 7) is 2.78. The number of hydrogen-bond donors (Lipinski definition) is 1. The summed E-state index contributed by atoms with van der Waals surface area (Å²) >= 11 is 3.38. The van der Waals surface area contributed by atoms with Crippen molar-refractivity contribution >= 4 is 21.6 Å². The molecule has 1 aliphatic rings. The van der Waals surface area contributed by atoms with Gasteiger partial charge in [0.25, 0.3) is 5.56 Å². The van der Waals surface area contributed by atoms with E-state index in [1.165, 1.54) is 19.3 Å². The van der Waals surface area contributed by atoms with Crippen LogP contribution in [0.5, 0.6) is 0 Å². The first kappa shape index (κ1) is 15.1. The Balaban J connectivity index is 2.20. The molecule has 0 bridgehead atoms. The molecule has 20 heavy (non-hydrogen) atoms. The number of anilines is 1. The van der Waals surface area contributed by atoms with Gasteiger partial charge in [-0.2, -0.15) is 5.10 Å². The molecular weight excluding hydrogens is 318 g/mol. The van der Waals surface area contributed by atoms with Gasteiger partial charge in [0.2, 0.25) is 0 Å². The summed E-state index contributed by atoms with van der Waals surface area (Å²) in [5, 5.41) is 7.36. The minimum atomic E-state index is -0.122. The number of halogens is 1. The molecule has 1 fully saturated rings. The van der Waals surface area contributed by atoms with E-state index in [0.29, 0.717) is 22.6 Å². The first-order valence-corrected chi connectivity index (χ1v) is 7.93. The van der Waals surface area contributed by atoms with Gasteiger partial charge in [-0.1, -0.05) is 25.7 Å². The van der Waals surface area contributed by atoms with Crippen LogP contribution in [-0.2, 0) is 6.54 Å². The fraction of sp³-hybridized carbons (Fsp3) is 0.600. The molecule has 108 valence electrons. The van der Waals surface area contributed by atoms with Gasteiger partial charge >= 0.3 is 0 Å². The lowest BCUT2D eigenvalue weighted by molar-refractivity contribution is 0.262. The van der Waals surface area contributed by atoms with Crippen LogP contribution in [0.1, 0.15) is 39.0 Å². The van der Waals surface area contributed by atoms with Gasteiger partial charge in [0, 0.05) is 6.54 Å². The molecule has 5 heteroatoms. The molecule has 1 atom stereocenters. The van der Waals surface area contributed by atoms with Gasteiger partial charge in [-0.15, -0.1) is 6.42 Å². The van der Waals surface area contributed by atoms with E-state index in [1.54, 1.807) is 10.9 Å². The van der Waals surface area contributed by atoms with Gasteiger partial charge in [-0.05, 0) is 41.1 Å². The average Bonchev–Trinajstić information content (AvgIpc) is 2.39. The van der Waals surface area contributed by atoms with E-state index in [1.807, 2.05) is 0 Å². The molecule has 1 unspecified atom stereocenters. The zero-order valence-electron chi connectivity index (χ0n) is 11.7. The molecule has 0 radical (unpaired) electrons. The first-order chi connectivity index (χ1) is 9.65. The quantitative estimate of drug-likeness (QED) is 0.811. The lowest BCUT2D eigenvalue weighted by atomic mass is 9.85. The second-order valence-corrected chi connectivity index (χ2v) is 6.16. The number of aromatic nitrogens is 2. The van der Waals surface area contributed by atoms with Crippen LogP contribution < -0.4 is 10.9 Å². The standard InChI is InChI=1S/C15H20BrN3O/c1-3-6-12(4-2)18-14-13(16)9-17-19(15(14)20)10-11-7-5-8-11/h2,9,11-12,18H,3,5-8,10H2,1H3. The monoisotopic (exact) mass is 337 g/mol. The van der Waals surface area contributed by atoms with Crippen LogP contribution in [0.4, 0.5) is 5.69 Å². The van der Waals surface area contributed by atoms with Crippen LogP contribution >= 0.6 is 15.9 Å². The van der Waals surface area contributed by atoms with Crippen molar-refractivity contribution in [3.8, 4) is 12.3 Å². The summed E-state index contributed by atoms with van der Waals surface area (Å²) in [5.74, 6) is 3.28. The highest BCUT2D eigenvalue weighted by Gasteiger charge is 2.20. The lowest BCUT2D eigenvalue weighted by Gasteiger charge is -2.25. The minimum absolute atomic E-state index is 0.0948. The van der Waals surface area contributed by atoms with Crippen LogP contribution in [0, 0.1) is 18.3 Å². The number of nitrogens with zero attached hydrogens (tertiary/aromatic N) is 2. The van der Waals surface area contributed by atoms with Gasteiger partial charge in [-0.25, -0.2) is 4.68 Å². The highest BCUT2D eigenvalue weighted by atomic mass is 79.9. The van der Waals surface area contributed by atoms with Crippen molar-refractivity contribution in [2.24, 2.45) is 5.92 Å². The van der Waals surface area contributed by atoms with Gasteiger partial charge in [0.05, 0.1) is 16.7 Å². The third-order valence-electron chi connectivity index (χ3n) is 3.75. The smallest absolute Gasteiger partial charge is 0.291 e. The molecule has 0 aliphatic heterocycles. The van der Waals surface area contributed by atoms with Crippen molar-refractivity contribution in [1.29, 1.82) is 0 Å². The van der Waals surface area contributed by atoms with Crippen molar-refractivity contribution in [3.63, 3.8) is 0 Å². The van der Waals surface area contributed by atoms with E-state index in [9.17, 15) is 4.79 Å². The number of rotatable bonds is 6. The predicted octanol–water partition coefficient (Wildman–Crippen LogP) is 3.02. The number of terminal acetylenes is 1. The van der Waals surface area contributed by atoms with E-state index in [-0.39, 0.29) is 11.6 Å². The zero-order valence-corrected chi connectivity index (χ0v) is 13.3. The Kier molecular flexibility index (Phi) is 5.24. The predicted molar refractivity (Wildman–Crippen MR) is 84.7 cm³/mol. The molecule has 1 aromatic heterocycles. The maximum atomic E-state index is 12.5. The summed E-state index contributed by atoms with van der Waals surface area (Å²) in [6, 6.07) is -0.122. The molecule has 0 aromatic carbocycles. The summed E-state index contributed by atoms with van der Waals surface area (Å²) < 4.78 is 2.22. The van der Waals surface area contributed by atoms with Crippen LogP contribution in [-0.4, -0.2) is 15.8 Å². The van der Waals surface area contributed by atoms with Crippen molar-refractivity contribution in [2.75, 3.05) is 5.32 Å². The Labute approximate surface area is 128 Å². The minimum Gasteiger partial charge on any atom is -0.366 e. The van der Waals surface area contributed by atoms with E-state index >= 15 is 0 Å². The molecule has 4 nitrogen and oxygen atoms in total. The van der Waals surface area contributed by atoms with E-state index in [0.717, 1.165) is 12.8 Å². The van der Waals surface area contributed by atoms with Crippen molar-refractivity contribution in [2.45, 2.75) is 51.6 Å². The van der Waals surface area contributed by atoms with E-state index in [2.05, 4.69) is 39.2 Å². The average molecular weight is 338 g/mol. The Bertz CT molecular complexity index is 557. The second-order valence-electron chi connectivity index (χ2n) is 5.30. The molecule has 1 N–H and O–H groups in total. The fourth-order valence-electron chi connectivity index (χ4n) is 2.31. The summed E-state index contributed by atoms with van der Waals surface area (Å²) in [5.41, 5.74) is 0.429. The molecule has 1 aliphatic carbocycles. The number of hydrogen-bond acceptors (Lipinski definition) is 3. The Morgan fingerprint density at radius 2 is 2.40 bits per heavy atom. The molecule has 0 saturated heterocycles. The van der Waals surface area contributed by atoms with Gasteiger partial charge in [0.1, 0.15) is 5.69 Å². The van der Waals surface area contributed by atoms with E-state index in [4.69, 9.17) is 6.42 Å². The van der Waals surface area contributed by atoms with Crippen molar-refractivity contribution in [1.82, 2.24) is 9.78 Å². The summed E-state index contributed by atoms with van der Waals surface area (Å²) in [7, 11) is 0. The summed E-state index contributed by atoms with van der Waals surface area (Å²) in [6.07, 6.45) is 12.6. The van der Waals surface area contributed by atoms with Crippen LogP contribution in [0.25, 0.3) is 0 Å².